The van der Waals surface area contributed by atoms with Crippen LogP contribution in [0.1, 0.15) is 6.92 Å². The standard InChI is InChI=1S/C21H17ClN2O6/c1-13(21(26)23-18-10-9-15(24(27)28)11-17(18)22)30-20(25)12-29-19-8-4-6-14-5-2-3-7-16(14)19/h2-11,13H,12H2,1H3,(H,23,26)/t13-/m0/s1. The number of nitrogens with one attached hydrogen (secondary N) is 1. The number of ether oxygens (including phenoxy) is 2. The van der Waals surface area contributed by atoms with E-state index in [1.165, 1.54) is 19.1 Å². The third-order valence-electron chi connectivity index (χ3n) is 4.19. The van der Waals surface area contributed by atoms with Crippen LogP contribution in [0.5, 0.6) is 5.75 Å². The molecule has 0 unspecified atom stereocenters. The van der Waals surface area contributed by atoms with Crippen LogP contribution in [0, 0.1) is 10.1 Å². The average molecular weight is 429 g/mol. The molecule has 9 heteroatoms. The van der Waals surface area contributed by atoms with E-state index in [2.05, 4.69) is 5.32 Å². The Morgan fingerprint density at radius 2 is 1.87 bits per heavy atom. The Morgan fingerprint density at radius 1 is 1.13 bits per heavy atom. The summed E-state index contributed by atoms with van der Waals surface area (Å²) >= 11 is 5.95. The van der Waals surface area contributed by atoms with Crippen molar-refractivity contribution in [3.05, 3.63) is 75.8 Å². The summed E-state index contributed by atoms with van der Waals surface area (Å²) in [5.41, 5.74) is -0.0368. The first kappa shape index (κ1) is 21.1. The SMILES string of the molecule is C[C@H](OC(=O)COc1cccc2ccccc12)C(=O)Nc1ccc([N+](=O)[O-])cc1Cl. The molecule has 0 spiro atoms. The second-order valence-electron chi connectivity index (χ2n) is 6.31. The number of benzene rings is 3. The number of hydrogen-bond acceptors (Lipinski definition) is 6. The number of carbonyl (C=O) groups excluding carboxylic acids is 2. The predicted octanol–water partition coefficient (Wildman–Crippen LogP) is 4.35. The van der Waals surface area contributed by atoms with E-state index in [1.807, 2.05) is 36.4 Å². The first-order valence-corrected chi connectivity index (χ1v) is 9.28. The molecule has 0 aliphatic rings. The highest BCUT2D eigenvalue weighted by Crippen LogP contribution is 2.27. The Bertz CT molecular complexity index is 1110. The summed E-state index contributed by atoms with van der Waals surface area (Å²) < 4.78 is 10.6. The number of amides is 1. The number of nitro groups is 1. The number of halogens is 1. The van der Waals surface area contributed by atoms with Gasteiger partial charge in [0.2, 0.25) is 0 Å². The van der Waals surface area contributed by atoms with Crippen molar-refractivity contribution in [1.82, 2.24) is 0 Å². The molecule has 1 atom stereocenters. The minimum Gasteiger partial charge on any atom is -0.481 e. The van der Waals surface area contributed by atoms with E-state index in [9.17, 15) is 19.7 Å². The number of nitro benzene ring substituents is 1. The molecule has 0 aliphatic heterocycles. The number of esters is 1. The number of anilines is 1. The topological polar surface area (TPSA) is 108 Å². The zero-order valence-corrected chi connectivity index (χ0v) is 16.6. The molecule has 0 heterocycles. The Labute approximate surface area is 176 Å². The Hall–Kier alpha value is -3.65. The van der Waals surface area contributed by atoms with Crippen molar-refractivity contribution in [3.63, 3.8) is 0 Å². The number of hydrogen-bond donors (Lipinski definition) is 1. The summed E-state index contributed by atoms with van der Waals surface area (Å²) in [4.78, 5) is 34.5. The lowest BCUT2D eigenvalue weighted by Crippen LogP contribution is -2.31. The van der Waals surface area contributed by atoms with E-state index >= 15 is 0 Å². The normalized spacial score (nSPS) is 11.5. The molecule has 3 rings (SSSR count). The van der Waals surface area contributed by atoms with Gasteiger partial charge in [-0.3, -0.25) is 14.9 Å². The van der Waals surface area contributed by atoms with Crippen molar-refractivity contribution in [2.45, 2.75) is 13.0 Å². The maximum Gasteiger partial charge on any atom is 0.344 e. The first-order chi connectivity index (χ1) is 14.3. The van der Waals surface area contributed by atoms with Crippen LogP contribution in [0.25, 0.3) is 10.8 Å². The van der Waals surface area contributed by atoms with E-state index in [0.29, 0.717) is 5.75 Å². The smallest absolute Gasteiger partial charge is 0.344 e. The van der Waals surface area contributed by atoms with Gasteiger partial charge < -0.3 is 14.8 Å². The summed E-state index contributed by atoms with van der Waals surface area (Å²) in [5.74, 6) is -0.829. The Morgan fingerprint density at radius 3 is 2.60 bits per heavy atom. The average Bonchev–Trinajstić information content (AvgIpc) is 2.73. The van der Waals surface area contributed by atoms with Crippen LogP contribution in [0.4, 0.5) is 11.4 Å². The number of fused-ring (bicyclic) bond motifs is 1. The van der Waals surface area contributed by atoms with Crippen LogP contribution in [0.15, 0.2) is 60.7 Å². The summed E-state index contributed by atoms with van der Waals surface area (Å²) in [6.07, 6.45) is -1.13. The maximum absolute atomic E-state index is 12.2. The van der Waals surface area contributed by atoms with Crippen molar-refractivity contribution in [1.29, 1.82) is 0 Å². The van der Waals surface area contributed by atoms with Crippen molar-refractivity contribution >= 4 is 45.6 Å². The molecule has 0 bridgehead atoms. The molecule has 0 aliphatic carbocycles. The lowest BCUT2D eigenvalue weighted by atomic mass is 10.1. The maximum atomic E-state index is 12.2. The number of non-ortho nitro benzene ring substituents is 1. The van der Waals surface area contributed by atoms with Crippen LogP contribution >= 0.6 is 11.6 Å². The molecule has 30 heavy (non-hydrogen) atoms. The largest absolute Gasteiger partial charge is 0.481 e. The summed E-state index contributed by atoms with van der Waals surface area (Å²) in [7, 11) is 0. The molecular formula is C21H17ClN2O6. The summed E-state index contributed by atoms with van der Waals surface area (Å²) in [6, 6.07) is 16.7. The van der Waals surface area contributed by atoms with E-state index in [0.717, 1.165) is 16.8 Å². The highest BCUT2D eigenvalue weighted by molar-refractivity contribution is 6.34. The van der Waals surface area contributed by atoms with E-state index in [-0.39, 0.29) is 23.0 Å². The van der Waals surface area contributed by atoms with Crippen molar-refractivity contribution in [3.8, 4) is 5.75 Å². The Balaban J connectivity index is 1.56. The lowest BCUT2D eigenvalue weighted by molar-refractivity contribution is -0.384. The fourth-order valence-electron chi connectivity index (χ4n) is 2.70. The highest BCUT2D eigenvalue weighted by atomic mass is 35.5. The van der Waals surface area contributed by atoms with Crippen LogP contribution in [-0.4, -0.2) is 29.5 Å². The van der Waals surface area contributed by atoms with Crippen molar-refractivity contribution in [2.24, 2.45) is 0 Å². The van der Waals surface area contributed by atoms with Gasteiger partial charge in [0.15, 0.2) is 12.7 Å². The number of rotatable bonds is 7. The van der Waals surface area contributed by atoms with Gasteiger partial charge in [-0.15, -0.1) is 0 Å². The molecule has 0 aromatic heterocycles. The van der Waals surface area contributed by atoms with Crippen LogP contribution in [-0.2, 0) is 14.3 Å². The van der Waals surface area contributed by atoms with E-state index in [4.69, 9.17) is 21.1 Å². The van der Waals surface area contributed by atoms with Gasteiger partial charge in [-0.05, 0) is 24.4 Å². The first-order valence-electron chi connectivity index (χ1n) is 8.90. The minimum absolute atomic E-state index is 0.00429. The van der Waals surface area contributed by atoms with Crippen LogP contribution in [0.3, 0.4) is 0 Å². The molecule has 3 aromatic carbocycles. The van der Waals surface area contributed by atoms with Gasteiger partial charge in [0.1, 0.15) is 5.75 Å². The van der Waals surface area contributed by atoms with Crippen molar-refractivity contribution in [2.75, 3.05) is 11.9 Å². The third kappa shape index (κ3) is 5.03. The highest BCUT2D eigenvalue weighted by Gasteiger charge is 2.20. The van der Waals surface area contributed by atoms with Gasteiger partial charge in [-0.1, -0.05) is 48.0 Å². The molecule has 3 aromatic rings. The molecule has 0 saturated heterocycles. The molecule has 8 nitrogen and oxygen atoms in total. The monoisotopic (exact) mass is 428 g/mol. The number of carbonyl (C=O) groups is 2. The van der Waals surface area contributed by atoms with Crippen LogP contribution in [0.2, 0.25) is 5.02 Å². The zero-order chi connectivity index (χ0) is 21.7. The molecule has 0 fully saturated rings. The molecule has 1 N–H and O–H groups in total. The fourth-order valence-corrected chi connectivity index (χ4v) is 2.92. The van der Waals surface area contributed by atoms with Gasteiger partial charge >= 0.3 is 5.97 Å². The fraction of sp³-hybridized carbons (Fsp3) is 0.143. The van der Waals surface area contributed by atoms with Crippen molar-refractivity contribution < 1.29 is 24.0 Å². The van der Waals surface area contributed by atoms with Gasteiger partial charge in [0.25, 0.3) is 11.6 Å². The number of nitrogens with zero attached hydrogens (tertiary/aromatic N) is 1. The van der Waals surface area contributed by atoms with Gasteiger partial charge in [-0.2, -0.15) is 0 Å². The van der Waals surface area contributed by atoms with Gasteiger partial charge in [0.05, 0.1) is 15.6 Å². The lowest BCUT2D eigenvalue weighted by Gasteiger charge is -2.15. The second kappa shape index (κ2) is 9.23. The third-order valence-corrected chi connectivity index (χ3v) is 4.51. The molecule has 154 valence electrons. The predicted molar refractivity (Wildman–Crippen MR) is 112 cm³/mol. The second-order valence-corrected chi connectivity index (χ2v) is 6.72. The Kier molecular flexibility index (Phi) is 6.48. The summed E-state index contributed by atoms with van der Waals surface area (Å²) in [5, 5.41) is 15.0. The molecular weight excluding hydrogens is 412 g/mol. The molecule has 0 radical (unpaired) electrons. The molecule has 0 saturated carbocycles. The van der Waals surface area contributed by atoms with E-state index < -0.39 is 22.9 Å². The van der Waals surface area contributed by atoms with Gasteiger partial charge in [-0.25, -0.2) is 4.79 Å². The van der Waals surface area contributed by atoms with Crippen LogP contribution < -0.4 is 10.1 Å². The molecule has 1 amide bonds. The quantitative estimate of drug-likeness (QED) is 0.340. The summed E-state index contributed by atoms with van der Waals surface area (Å²) in [6.45, 7) is 1.02. The zero-order valence-electron chi connectivity index (χ0n) is 15.8. The van der Waals surface area contributed by atoms with E-state index in [1.54, 1.807) is 6.07 Å². The van der Waals surface area contributed by atoms with Gasteiger partial charge in [0, 0.05) is 17.5 Å². The minimum atomic E-state index is -1.13.